The van der Waals surface area contributed by atoms with E-state index in [2.05, 4.69) is 17.4 Å². The molecule has 0 saturated heterocycles. The molecule has 0 saturated carbocycles. The van der Waals surface area contributed by atoms with Crippen molar-refractivity contribution >= 4 is 35.0 Å². The molecule has 136 valence electrons. The van der Waals surface area contributed by atoms with Gasteiger partial charge in [0, 0.05) is 10.9 Å². The summed E-state index contributed by atoms with van der Waals surface area (Å²) < 4.78 is 5.43. The second-order valence-corrected chi connectivity index (χ2v) is 7.08. The molecule has 0 aliphatic heterocycles. The second-order valence-electron chi connectivity index (χ2n) is 6.23. The zero-order valence-electron chi connectivity index (χ0n) is 14.1. The number of nitrogens with one attached hydrogen (secondary N) is 1. The molecule has 3 aromatic carbocycles. The Bertz CT molecular complexity index is 990. The molecule has 4 nitrogen and oxygen atoms in total. The fraction of sp³-hybridized carbons (Fsp3) is 0.0952. The third-order valence-electron chi connectivity index (χ3n) is 4.61. The molecule has 0 bridgehead atoms. The number of hydrogen-bond donors (Lipinski definition) is 2. The molecule has 1 aliphatic rings. The van der Waals surface area contributed by atoms with E-state index in [4.69, 9.17) is 27.9 Å². The Labute approximate surface area is 166 Å². The standard InChI is InChI=1S/C21H15Cl2NO3/c22-12-9-18(23)20(25)19(10-12)24-21(26)27-11-17-15-7-3-1-5-13(15)14-6-2-4-8-16(14)17/h1-10,17,25H,11H2,(H,24,26). The van der Waals surface area contributed by atoms with Crippen LogP contribution in [0.3, 0.4) is 0 Å². The summed E-state index contributed by atoms with van der Waals surface area (Å²) in [6.45, 7) is 0.176. The van der Waals surface area contributed by atoms with Crippen LogP contribution in [0.15, 0.2) is 60.7 Å². The van der Waals surface area contributed by atoms with Crippen molar-refractivity contribution in [3.8, 4) is 16.9 Å². The predicted octanol–water partition coefficient (Wildman–Crippen LogP) is 6.06. The molecule has 1 aliphatic carbocycles. The minimum absolute atomic E-state index is 0.0419. The van der Waals surface area contributed by atoms with Gasteiger partial charge in [-0.05, 0) is 34.4 Å². The Kier molecular flexibility index (Phi) is 4.68. The van der Waals surface area contributed by atoms with Gasteiger partial charge in [0.25, 0.3) is 0 Å². The Balaban J connectivity index is 1.52. The van der Waals surface area contributed by atoms with Gasteiger partial charge in [-0.15, -0.1) is 0 Å². The lowest BCUT2D eigenvalue weighted by Crippen LogP contribution is -2.18. The molecular formula is C21H15Cl2NO3. The lowest BCUT2D eigenvalue weighted by atomic mass is 9.98. The summed E-state index contributed by atoms with van der Waals surface area (Å²) in [4.78, 5) is 12.2. The summed E-state index contributed by atoms with van der Waals surface area (Å²) in [5.41, 5.74) is 4.66. The van der Waals surface area contributed by atoms with Crippen molar-refractivity contribution in [1.29, 1.82) is 0 Å². The number of phenolic OH excluding ortho intramolecular Hbond substituents is 1. The fourth-order valence-electron chi connectivity index (χ4n) is 3.41. The predicted molar refractivity (Wildman–Crippen MR) is 107 cm³/mol. The van der Waals surface area contributed by atoms with Gasteiger partial charge < -0.3 is 9.84 Å². The lowest BCUT2D eigenvalue weighted by molar-refractivity contribution is 0.158. The van der Waals surface area contributed by atoms with E-state index in [1.54, 1.807) is 0 Å². The number of carbonyl (C=O) groups is 1. The molecule has 6 heteroatoms. The third-order valence-corrected chi connectivity index (χ3v) is 5.11. The highest BCUT2D eigenvalue weighted by molar-refractivity contribution is 6.36. The van der Waals surface area contributed by atoms with Gasteiger partial charge in [-0.2, -0.15) is 0 Å². The van der Waals surface area contributed by atoms with Crippen molar-refractivity contribution in [2.75, 3.05) is 11.9 Å². The van der Waals surface area contributed by atoms with E-state index in [1.165, 1.54) is 12.1 Å². The minimum Gasteiger partial charge on any atom is -0.504 e. The van der Waals surface area contributed by atoms with Crippen LogP contribution >= 0.6 is 23.2 Å². The number of hydrogen-bond acceptors (Lipinski definition) is 3. The number of benzene rings is 3. The normalized spacial score (nSPS) is 12.4. The summed E-state index contributed by atoms with van der Waals surface area (Å²) in [5, 5.41) is 12.8. The molecule has 2 N–H and O–H groups in total. The average Bonchev–Trinajstić information content (AvgIpc) is 2.98. The number of aromatic hydroxyl groups is 1. The van der Waals surface area contributed by atoms with Crippen LogP contribution in [0.1, 0.15) is 17.0 Å². The Hall–Kier alpha value is -2.69. The number of carbonyl (C=O) groups excluding carboxylic acids is 1. The number of amides is 1. The smallest absolute Gasteiger partial charge is 0.411 e. The summed E-state index contributed by atoms with van der Waals surface area (Å²) in [5.74, 6) is -0.297. The molecule has 0 spiro atoms. The van der Waals surface area contributed by atoms with E-state index in [0.29, 0.717) is 5.02 Å². The summed E-state index contributed by atoms with van der Waals surface area (Å²) in [7, 11) is 0. The van der Waals surface area contributed by atoms with Crippen molar-refractivity contribution in [3.05, 3.63) is 81.8 Å². The highest BCUT2D eigenvalue weighted by Gasteiger charge is 2.29. The molecule has 0 fully saturated rings. The molecule has 0 aromatic heterocycles. The summed E-state index contributed by atoms with van der Waals surface area (Å²) in [6.07, 6.45) is -0.689. The van der Waals surface area contributed by atoms with Crippen LogP contribution in [-0.4, -0.2) is 17.8 Å². The minimum atomic E-state index is -0.689. The third kappa shape index (κ3) is 3.34. The largest absolute Gasteiger partial charge is 0.504 e. The maximum absolute atomic E-state index is 12.2. The van der Waals surface area contributed by atoms with Crippen LogP contribution in [0.4, 0.5) is 10.5 Å². The van der Waals surface area contributed by atoms with Gasteiger partial charge in [-0.1, -0.05) is 71.7 Å². The van der Waals surface area contributed by atoms with Crippen molar-refractivity contribution < 1.29 is 14.6 Å². The molecule has 0 radical (unpaired) electrons. The molecule has 0 unspecified atom stereocenters. The number of fused-ring (bicyclic) bond motifs is 3. The average molecular weight is 400 g/mol. The SMILES string of the molecule is O=C(Nc1cc(Cl)cc(Cl)c1O)OCC1c2ccccc2-c2ccccc21. The van der Waals surface area contributed by atoms with Gasteiger partial charge in [0.1, 0.15) is 6.61 Å². The van der Waals surface area contributed by atoms with Crippen LogP contribution < -0.4 is 5.32 Å². The van der Waals surface area contributed by atoms with Crippen molar-refractivity contribution in [2.45, 2.75) is 5.92 Å². The number of rotatable bonds is 3. The van der Waals surface area contributed by atoms with E-state index >= 15 is 0 Å². The quantitative estimate of drug-likeness (QED) is 0.526. The molecular weight excluding hydrogens is 385 g/mol. The summed E-state index contributed by atoms with van der Waals surface area (Å²) in [6, 6.07) is 19.0. The highest BCUT2D eigenvalue weighted by Crippen LogP contribution is 2.44. The molecule has 0 heterocycles. The van der Waals surface area contributed by atoms with Gasteiger partial charge in [0.05, 0.1) is 10.7 Å². The second kappa shape index (κ2) is 7.14. The molecule has 0 atom stereocenters. The number of anilines is 1. The van der Waals surface area contributed by atoms with Crippen molar-refractivity contribution in [3.63, 3.8) is 0 Å². The van der Waals surface area contributed by atoms with E-state index in [9.17, 15) is 9.90 Å². The van der Waals surface area contributed by atoms with Crippen LogP contribution in [0, 0.1) is 0 Å². The Morgan fingerprint density at radius 1 is 1.00 bits per heavy atom. The van der Waals surface area contributed by atoms with Gasteiger partial charge >= 0.3 is 6.09 Å². The first-order valence-corrected chi connectivity index (χ1v) is 9.10. The number of phenols is 1. The van der Waals surface area contributed by atoms with Crippen LogP contribution in [-0.2, 0) is 4.74 Å². The lowest BCUT2D eigenvalue weighted by Gasteiger charge is -2.15. The van der Waals surface area contributed by atoms with Gasteiger partial charge in [-0.25, -0.2) is 4.79 Å². The van der Waals surface area contributed by atoms with E-state index in [0.717, 1.165) is 22.3 Å². The monoisotopic (exact) mass is 399 g/mol. The van der Waals surface area contributed by atoms with Crippen molar-refractivity contribution in [1.82, 2.24) is 0 Å². The number of ether oxygens (including phenoxy) is 1. The molecule has 27 heavy (non-hydrogen) atoms. The zero-order valence-corrected chi connectivity index (χ0v) is 15.6. The molecule has 4 rings (SSSR count). The van der Waals surface area contributed by atoms with Gasteiger partial charge in [-0.3, -0.25) is 5.32 Å². The van der Waals surface area contributed by atoms with Crippen molar-refractivity contribution in [2.24, 2.45) is 0 Å². The first-order chi connectivity index (χ1) is 13.0. The van der Waals surface area contributed by atoms with Crippen LogP contribution in [0.25, 0.3) is 11.1 Å². The topological polar surface area (TPSA) is 58.6 Å². The van der Waals surface area contributed by atoms with Gasteiger partial charge in [0.15, 0.2) is 5.75 Å². The van der Waals surface area contributed by atoms with Crippen LogP contribution in [0.5, 0.6) is 5.75 Å². The van der Waals surface area contributed by atoms with E-state index in [1.807, 2.05) is 36.4 Å². The highest BCUT2D eigenvalue weighted by atomic mass is 35.5. The maximum atomic E-state index is 12.2. The zero-order chi connectivity index (χ0) is 19.0. The van der Waals surface area contributed by atoms with Crippen LogP contribution in [0.2, 0.25) is 10.0 Å². The molecule has 3 aromatic rings. The van der Waals surface area contributed by atoms with E-state index in [-0.39, 0.29) is 29.0 Å². The first-order valence-electron chi connectivity index (χ1n) is 8.34. The number of halogens is 2. The Morgan fingerprint density at radius 3 is 2.22 bits per heavy atom. The maximum Gasteiger partial charge on any atom is 0.411 e. The Morgan fingerprint density at radius 2 is 1.59 bits per heavy atom. The fourth-order valence-corrected chi connectivity index (χ4v) is 3.90. The van der Waals surface area contributed by atoms with E-state index < -0.39 is 6.09 Å². The first kappa shape index (κ1) is 17.7. The summed E-state index contributed by atoms with van der Waals surface area (Å²) >= 11 is 11.8. The van der Waals surface area contributed by atoms with Gasteiger partial charge in [0.2, 0.25) is 0 Å². The molecule has 1 amide bonds.